The maximum absolute atomic E-state index is 9.38. The standard InChI is InChI=1S/C15H28O2/c1-3-5-11-8-10(4-2)14-9-12(15(16)17)6-7-13(11)14/h10-17H,3-9H2,1-2H3. The van der Waals surface area contributed by atoms with Crippen molar-refractivity contribution in [3.8, 4) is 0 Å². The summed E-state index contributed by atoms with van der Waals surface area (Å²) < 4.78 is 0. The van der Waals surface area contributed by atoms with Crippen LogP contribution in [0, 0.1) is 29.6 Å². The fourth-order valence-corrected chi connectivity index (χ4v) is 4.57. The van der Waals surface area contributed by atoms with Crippen LogP contribution in [0.25, 0.3) is 0 Å². The summed E-state index contributed by atoms with van der Waals surface area (Å²) >= 11 is 0. The Kier molecular flexibility index (Phi) is 4.48. The maximum atomic E-state index is 9.38. The average molecular weight is 240 g/mol. The molecule has 5 unspecified atom stereocenters. The van der Waals surface area contributed by atoms with Gasteiger partial charge in [-0.1, -0.05) is 33.1 Å². The lowest BCUT2D eigenvalue weighted by Gasteiger charge is -2.36. The molecule has 0 bridgehead atoms. The lowest BCUT2D eigenvalue weighted by Crippen LogP contribution is -2.32. The van der Waals surface area contributed by atoms with Gasteiger partial charge in [0.05, 0.1) is 0 Å². The lowest BCUT2D eigenvalue weighted by molar-refractivity contribution is -0.105. The SMILES string of the molecule is CCCC1CC(CC)C2CC(C(O)O)CCC12. The van der Waals surface area contributed by atoms with Crippen molar-refractivity contribution < 1.29 is 10.2 Å². The molecular weight excluding hydrogens is 212 g/mol. The van der Waals surface area contributed by atoms with E-state index in [1.807, 2.05) is 0 Å². The van der Waals surface area contributed by atoms with Crippen LogP contribution in [0.3, 0.4) is 0 Å². The van der Waals surface area contributed by atoms with Gasteiger partial charge in [0.15, 0.2) is 6.29 Å². The van der Waals surface area contributed by atoms with Crippen LogP contribution in [-0.4, -0.2) is 16.5 Å². The van der Waals surface area contributed by atoms with E-state index in [0.29, 0.717) is 0 Å². The summed E-state index contributed by atoms with van der Waals surface area (Å²) in [4.78, 5) is 0. The average Bonchev–Trinajstić information content (AvgIpc) is 2.67. The summed E-state index contributed by atoms with van der Waals surface area (Å²) in [5, 5.41) is 18.8. The third kappa shape index (κ3) is 2.68. The lowest BCUT2D eigenvalue weighted by atomic mass is 9.70. The van der Waals surface area contributed by atoms with Gasteiger partial charge in [0.25, 0.3) is 0 Å². The van der Waals surface area contributed by atoms with Crippen LogP contribution >= 0.6 is 0 Å². The van der Waals surface area contributed by atoms with Crippen molar-refractivity contribution in [1.82, 2.24) is 0 Å². The van der Waals surface area contributed by atoms with E-state index in [1.165, 1.54) is 32.1 Å². The van der Waals surface area contributed by atoms with Gasteiger partial charge in [0, 0.05) is 5.92 Å². The zero-order valence-electron chi connectivity index (χ0n) is 11.3. The number of aliphatic hydroxyl groups is 2. The minimum atomic E-state index is -1.08. The molecule has 2 aliphatic carbocycles. The Morgan fingerprint density at radius 2 is 1.76 bits per heavy atom. The number of fused-ring (bicyclic) bond motifs is 1. The fraction of sp³-hybridized carbons (Fsp3) is 1.00. The number of hydrogen-bond donors (Lipinski definition) is 2. The van der Waals surface area contributed by atoms with Crippen LogP contribution in [-0.2, 0) is 0 Å². The van der Waals surface area contributed by atoms with Gasteiger partial charge in [0.1, 0.15) is 0 Å². The first-order valence-corrected chi connectivity index (χ1v) is 7.53. The predicted octanol–water partition coefficient (Wildman–Crippen LogP) is 3.18. The highest BCUT2D eigenvalue weighted by molar-refractivity contribution is 4.94. The smallest absolute Gasteiger partial charge is 0.154 e. The number of hydrogen-bond acceptors (Lipinski definition) is 2. The molecule has 0 radical (unpaired) electrons. The van der Waals surface area contributed by atoms with E-state index in [2.05, 4.69) is 13.8 Å². The molecule has 0 aliphatic heterocycles. The summed E-state index contributed by atoms with van der Waals surface area (Å²) in [5.41, 5.74) is 0. The first-order valence-electron chi connectivity index (χ1n) is 7.53. The molecule has 17 heavy (non-hydrogen) atoms. The molecule has 0 amide bonds. The molecule has 2 fully saturated rings. The van der Waals surface area contributed by atoms with Crippen LogP contribution in [0.4, 0.5) is 0 Å². The molecule has 0 saturated heterocycles. The highest BCUT2D eigenvalue weighted by atomic mass is 16.5. The molecule has 2 nitrogen and oxygen atoms in total. The minimum Gasteiger partial charge on any atom is -0.368 e. The Balaban J connectivity index is 2.02. The molecule has 0 spiro atoms. The Morgan fingerprint density at radius 3 is 2.35 bits per heavy atom. The molecule has 2 saturated carbocycles. The summed E-state index contributed by atoms with van der Waals surface area (Å²) in [7, 11) is 0. The van der Waals surface area contributed by atoms with Gasteiger partial charge in [-0.2, -0.15) is 0 Å². The Bertz CT molecular complexity index is 239. The van der Waals surface area contributed by atoms with Crippen LogP contribution < -0.4 is 0 Å². The molecule has 100 valence electrons. The summed E-state index contributed by atoms with van der Waals surface area (Å²) in [6.45, 7) is 4.59. The van der Waals surface area contributed by atoms with Crippen molar-refractivity contribution in [3.63, 3.8) is 0 Å². The van der Waals surface area contributed by atoms with Gasteiger partial charge in [0.2, 0.25) is 0 Å². The van der Waals surface area contributed by atoms with E-state index >= 15 is 0 Å². The highest BCUT2D eigenvalue weighted by Crippen LogP contribution is 2.53. The second-order valence-electron chi connectivity index (χ2n) is 6.27. The molecular formula is C15H28O2. The molecule has 2 heteroatoms. The molecule has 2 aliphatic rings. The van der Waals surface area contributed by atoms with Crippen molar-refractivity contribution in [1.29, 1.82) is 0 Å². The molecule has 0 heterocycles. The van der Waals surface area contributed by atoms with Crippen molar-refractivity contribution in [2.24, 2.45) is 29.6 Å². The van der Waals surface area contributed by atoms with E-state index in [4.69, 9.17) is 0 Å². The van der Waals surface area contributed by atoms with Gasteiger partial charge in [-0.05, 0) is 49.4 Å². The summed E-state index contributed by atoms with van der Waals surface area (Å²) in [6, 6.07) is 0. The first kappa shape index (κ1) is 13.4. The molecule has 0 aromatic carbocycles. The van der Waals surface area contributed by atoms with Gasteiger partial charge < -0.3 is 10.2 Å². The van der Waals surface area contributed by atoms with E-state index in [9.17, 15) is 10.2 Å². The molecule has 2 N–H and O–H groups in total. The largest absolute Gasteiger partial charge is 0.368 e. The fourth-order valence-electron chi connectivity index (χ4n) is 4.57. The second-order valence-corrected chi connectivity index (χ2v) is 6.27. The van der Waals surface area contributed by atoms with Crippen LogP contribution in [0.5, 0.6) is 0 Å². The van der Waals surface area contributed by atoms with Crippen molar-refractivity contribution in [2.45, 2.75) is 65.1 Å². The quantitative estimate of drug-likeness (QED) is 0.741. The number of aliphatic hydroxyl groups excluding tert-OH is 1. The van der Waals surface area contributed by atoms with Crippen LogP contribution in [0.1, 0.15) is 58.8 Å². The van der Waals surface area contributed by atoms with Crippen molar-refractivity contribution in [2.75, 3.05) is 0 Å². The Labute approximate surface area is 105 Å². The normalized spacial score (nSPS) is 41.8. The Hall–Kier alpha value is -0.0800. The van der Waals surface area contributed by atoms with Gasteiger partial charge >= 0.3 is 0 Å². The minimum absolute atomic E-state index is 0.144. The second kappa shape index (κ2) is 5.71. The van der Waals surface area contributed by atoms with E-state index in [0.717, 1.165) is 36.5 Å². The van der Waals surface area contributed by atoms with E-state index < -0.39 is 6.29 Å². The molecule has 0 aromatic heterocycles. The third-order valence-corrected chi connectivity index (χ3v) is 5.42. The van der Waals surface area contributed by atoms with Crippen LogP contribution in [0.2, 0.25) is 0 Å². The number of rotatable bonds is 4. The maximum Gasteiger partial charge on any atom is 0.154 e. The topological polar surface area (TPSA) is 40.5 Å². The zero-order valence-corrected chi connectivity index (χ0v) is 11.3. The summed E-state index contributed by atoms with van der Waals surface area (Å²) in [6.07, 6.45) is 7.58. The van der Waals surface area contributed by atoms with E-state index in [-0.39, 0.29) is 5.92 Å². The monoisotopic (exact) mass is 240 g/mol. The van der Waals surface area contributed by atoms with E-state index in [1.54, 1.807) is 0 Å². The van der Waals surface area contributed by atoms with Crippen molar-refractivity contribution >= 4 is 0 Å². The van der Waals surface area contributed by atoms with Gasteiger partial charge in [-0.15, -0.1) is 0 Å². The molecule has 0 aromatic rings. The summed E-state index contributed by atoms with van der Waals surface area (Å²) in [5.74, 6) is 3.57. The first-order chi connectivity index (χ1) is 8.17. The molecule has 5 atom stereocenters. The van der Waals surface area contributed by atoms with Gasteiger partial charge in [-0.3, -0.25) is 0 Å². The zero-order chi connectivity index (χ0) is 12.4. The predicted molar refractivity (Wildman–Crippen MR) is 69.3 cm³/mol. The molecule has 2 rings (SSSR count). The van der Waals surface area contributed by atoms with Crippen LogP contribution in [0.15, 0.2) is 0 Å². The Morgan fingerprint density at radius 1 is 1.00 bits per heavy atom. The van der Waals surface area contributed by atoms with Crippen molar-refractivity contribution in [3.05, 3.63) is 0 Å². The highest BCUT2D eigenvalue weighted by Gasteiger charge is 2.45. The third-order valence-electron chi connectivity index (χ3n) is 5.42. The van der Waals surface area contributed by atoms with Gasteiger partial charge in [-0.25, -0.2) is 0 Å².